The van der Waals surface area contributed by atoms with Crippen LogP contribution in [0.1, 0.15) is 71.1 Å². The molecule has 0 aromatic rings. The summed E-state index contributed by atoms with van der Waals surface area (Å²) in [4.78, 5) is 20.0. The van der Waals surface area contributed by atoms with E-state index in [-0.39, 0.29) is 10.7 Å². The van der Waals surface area contributed by atoms with E-state index in [1.807, 2.05) is 0 Å². The Bertz CT molecular complexity index is 594. The van der Waals surface area contributed by atoms with Crippen LogP contribution in [0.3, 0.4) is 0 Å². The van der Waals surface area contributed by atoms with Crippen molar-refractivity contribution in [2.75, 3.05) is 13.1 Å². The first-order valence-corrected chi connectivity index (χ1v) is 11.8. The number of carbonyl (C=O) groups is 1. The smallest absolute Gasteiger partial charge is 0.264 e. The minimum atomic E-state index is -0.332. The Balaban J connectivity index is 1.18. The molecule has 0 aromatic heterocycles. The van der Waals surface area contributed by atoms with Crippen LogP contribution in [-0.4, -0.2) is 45.9 Å². The summed E-state index contributed by atoms with van der Waals surface area (Å²) in [5.74, 6) is 2.33. The van der Waals surface area contributed by atoms with Crippen molar-refractivity contribution in [3.05, 3.63) is 0 Å². The fourth-order valence-corrected chi connectivity index (χ4v) is 7.73. The number of hydrogen-bond donors (Lipinski definition) is 1. The molecule has 2 heterocycles. The van der Waals surface area contributed by atoms with Gasteiger partial charge in [0.05, 0.1) is 0 Å². The van der Waals surface area contributed by atoms with Crippen molar-refractivity contribution in [2.45, 2.75) is 88.0 Å². The molecule has 5 rings (SSSR count). The molecule has 3 saturated carbocycles. The third-order valence-corrected chi connectivity index (χ3v) is 9.47. The second-order valence-corrected chi connectivity index (χ2v) is 11.0. The normalized spacial score (nSPS) is 42.0. The highest BCUT2D eigenvalue weighted by Crippen LogP contribution is 2.47. The number of amidine groups is 1. The Labute approximate surface area is 161 Å². The topological polar surface area (TPSA) is 44.7 Å². The van der Waals surface area contributed by atoms with Gasteiger partial charge in [0.2, 0.25) is 0 Å². The molecule has 2 unspecified atom stereocenters. The summed E-state index contributed by atoms with van der Waals surface area (Å²) in [5, 5.41) is 4.59. The second-order valence-electron chi connectivity index (χ2n) is 9.61. The van der Waals surface area contributed by atoms with E-state index in [0.29, 0.717) is 12.0 Å². The predicted molar refractivity (Wildman–Crippen MR) is 107 cm³/mol. The lowest BCUT2D eigenvalue weighted by atomic mass is 9.83. The molecule has 4 atom stereocenters. The van der Waals surface area contributed by atoms with Crippen LogP contribution in [0.15, 0.2) is 4.99 Å². The van der Waals surface area contributed by atoms with Crippen molar-refractivity contribution in [1.29, 1.82) is 0 Å². The Morgan fingerprint density at radius 3 is 2.50 bits per heavy atom. The SMILES string of the molecule is CC1(C2CCN(C3CCCC3)CC2)SC(N[C@H]2C[C@@H]3CCC2C3)=NC1=O. The average molecular weight is 376 g/mol. The van der Waals surface area contributed by atoms with Crippen molar-refractivity contribution in [2.24, 2.45) is 22.7 Å². The van der Waals surface area contributed by atoms with Gasteiger partial charge in [-0.05, 0) is 82.7 Å². The van der Waals surface area contributed by atoms with E-state index in [2.05, 4.69) is 22.1 Å². The van der Waals surface area contributed by atoms with Crippen LogP contribution in [0.4, 0.5) is 0 Å². The largest absolute Gasteiger partial charge is 0.361 e. The predicted octanol–water partition coefficient (Wildman–Crippen LogP) is 3.81. The summed E-state index contributed by atoms with van der Waals surface area (Å²) in [6.45, 7) is 4.51. The van der Waals surface area contributed by atoms with Crippen molar-refractivity contribution < 1.29 is 4.79 Å². The lowest BCUT2D eigenvalue weighted by Crippen LogP contribution is -2.47. The molecule has 144 valence electrons. The van der Waals surface area contributed by atoms with Crippen molar-refractivity contribution in [1.82, 2.24) is 10.2 Å². The quantitative estimate of drug-likeness (QED) is 0.815. The van der Waals surface area contributed by atoms with Gasteiger partial charge in [-0.1, -0.05) is 31.0 Å². The van der Waals surface area contributed by atoms with Crippen LogP contribution < -0.4 is 5.32 Å². The second kappa shape index (κ2) is 6.80. The van der Waals surface area contributed by atoms with E-state index < -0.39 is 0 Å². The molecule has 4 nitrogen and oxygen atoms in total. The third kappa shape index (κ3) is 3.03. The minimum absolute atomic E-state index is 0.118. The van der Waals surface area contributed by atoms with Crippen LogP contribution in [0.2, 0.25) is 0 Å². The first-order valence-electron chi connectivity index (χ1n) is 10.9. The van der Waals surface area contributed by atoms with E-state index >= 15 is 0 Å². The van der Waals surface area contributed by atoms with Crippen LogP contribution in [0.25, 0.3) is 0 Å². The average Bonchev–Trinajstić information content (AvgIpc) is 3.42. The molecule has 1 amide bonds. The maximum atomic E-state index is 12.8. The molecule has 4 fully saturated rings. The zero-order chi connectivity index (χ0) is 17.7. The van der Waals surface area contributed by atoms with Gasteiger partial charge in [-0.25, -0.2) is 0 Å². The molecule has 5 heteroatoms. The van der Waals surface area contributed by atoms with Gasteiger partial charge in [-0.2, -0.15) is 4.99 Å². The summed E-state index contributed by atoms with van der Waals surface area (Å²) in [5.41, 5.74) is 0. The summed E-state index contributed by atoms with van der Waals surface area (Å²) >= 11 is 1.75. The number of amides is 1. The number of piperidine rings is 1. The number of nitrogens with zero attached hydrogens (tertiary/aromatic N) is 2. The molecular formula is C21H33N3OS. The van der Waals surface area contributed by atoms with E-state index in [4.69, 9.17) is 0 Å². The van der Waals surface area contributed by atoms with E-state index in [9.17, 15) is 4.79 Å². The highest BCUT2D eigenvalue weighted by atomic mass is 32.2. The molecule has 2 aliphatic heterocycles. The van der Waals surface area contributed by atoms with Gasteiger partial charge >= 0.3 is 0 Å². The third-order valence-electron chi connectivity index (χ3n) is 8.13. The maximum Gasteiger partial charge on any atom is 0.264 e. The van der Waals surface area contributed by atoms with Gasteiger partial charge in [0.1, 0.15) is 4.75 Å². The van der Waals surface area contributed by atoms with Crippen molar-refractivity contribution in [3.8, 4) is 0 Å². The van der Waals surface area contributed by atoms with Crippen molar-refractivity contribution in [3.63, 3.8) is 0 Å². The molecule has 0 radical (unpaired) electrons. The number of nitrogens with one attached hydrogen (secondary N) is 1. The number of thioether (sulfide) groups is 1. The first-order chi connectivity index (χ1) is 12.6. The Morgan fingerprint density at radius 1 is 1.08 bits per heavy atom. The molecule has 26 heavy (non-hydrogen) atoms. The van der Waals surface area contributed by atoms with Gasteiger partial charge in [0.25, 0.3) is 5.91 Å². The Kier molecular flexibility index (Phi) is 4.59. The highest BCUT2D eigenvalue weighted by Gasteiger charge is 2.49. The number of aliphatic imine (C=N–C) groups is 1. The fraction of sp³-hybridized carbons (Fsp3) is 0.905. The first kappa shape index (κ1) is 17.5. The summed E-state index contributed by atoms with van der Waals surface area (Å²) in [6.07, 6.45) is 13.3. The molecule has 5 aliphatic rings. The van der Waals surface area contributed by atoms with Crippen LogP contribution >= 0.6 is 11.8 Å². The van der Waals surface area contributed by atoms with Crippen LogP contribution in [0, 0.1) is 17.8 Å². The Hall–Kier alpha value is -0.550. The standard InChI is InChI=1S/C21H33N3OS/c1-21(16-8-10-24(11-9-16)17-4-2-3-5-17)19(25)23-20(26-21)22-18-13-14-6-7-15(18)12-14/h14-18H,2-13H2,1H3,(H,22,23,25)/t14-,15?,18+,21?/m1/s1. The van der Waals surface area contributed by atoms with Crippen LogP contribution in [-0.2, 0) is 4.79 Å². The minimum Gasteiger partial charge on any atom is -0.361 e. The van der Waals surface area contributed by atoms with Gasteiger partial charge in [-0.3, -0.25) is 4.79 Å². The Morgan fingerprint density at radius 2 is 1.85 bits per heavy atom. The highest BCUT2D eigenvalue weighted by molar-refractivity contribution is 8.16. The van der Waals surface area contributed by atoms with Gasteiger partial charge < -0.3 is 10.2 Å². The number of carbonyl (C=O) groups excluding carboxylic acids is 1. The molecule has 0 aromatic carbocycles. The van der Waals surface area contributed by atoms with E-state index in [0.717, 1.165) is 35.9 Å². The lowest BCUT2D eigenvalue weighted by Gasteiger charge is -2.40. The fourth-order valence-electron chi connectivity index (χ4n) is 6.46. The van der Waals surface area contributed by atoms with Gasteiger partial charge in [-0.15, -0.1) is 0 Å². The molecule has 2 bridgehead atoms. The number of rotatable bonds is 3. The molecule has 1 N–H and O–H groups in total. The zero-order valence-electron chi connectivity index (χ0n) is 16.1. The number of likely N-dealkylation sites (tertiary alicyclic amines) is 1. The molecule has 0 spiro atoms. The lowest BCUT2D eigenvalue weighted by molar-refractivity contribution is -0.121. The summed E-state index contributed by atoms with van der Waals surface area (Å²) in [6, 6.07) is 1.39. The number of hydrogen-bond acceptors (Lipinski definition) is 4. The summed E-state index contributed by atoms with van der Waals surface area (Å²) < 4.78 is -0.332. The monoisotopic (exact) mass is 375 g/mol. The molecule has 3 aliphatic carbocycles. The van der Waals surface area contributed by atoms with Gasteiger partial charge in [0, 0.05) is 12.1 Å². The van der Waals surface area contributed by atoms with E-state index in [1.165, 1.54) is 64.5 Å². The van der Waals surface area contributed by atoms with Crippen molar-refractivity contribution >= 4 is 22.8 Å². The molecular weight excluding hydrogens is 342 g/mol. The summed E-state index contributed by atoms with van der Waals surface area (Å²) in [7, 11) is 0. The zero-order valence-corrected chi connectivity index (χ0v) is 16.9. The van der Waals surface area contributed by atoms with Crippen LogP contribution in [0.5, 0.6) is 0 Å². The molecule has 1 saturated heterocycles. The van der Waals surface area contributed by atoms with E-state index in [1.54, 1.807) is 11.8 Å². The van der Waals surface area contributed by atoms with Gasteiger partial charge in [0.15, 0.2) is 5.17 Å². The maximum absolute atomic E-state index is 12.8. The number of fused-ring (bicyclic) bond motifs is 2.